The molecule has 2 aromatic rings. The maximum absolute atomic E-state index is 12.2. The number of carbonyl (C=O) groups is 1. The second-order valence-corrected chi connectivity index (χ2v) is 5.98. The molecule has 6 heteroatoms. The topological polar surface area (TPSA) is 85.8 Å². The molecule has 1 aromatic carbocycles. The number of nitrogens with two attached hydrogens (primary N) is 1. The van der Waals surface area contributed by atoms with Gasteiger partial charge in [0.1, 0.15) is 0 Å². The zero-order valence-electron chi connectivity index (χ0n) is 12.6. The summed E-state index contributed by atoms with van der Waals surface area (Å²) in [6.07, 6.45) is 1.46. The van der Waals surface area contributed by atoms with Gasteiger partial charge in [-0.2, -0.15) is 9.90 Å². The van der Waals surface area contributed by atoms with E-state index in [0.29, 0.717) is 6.54 Å². The Morgan fingerprint density at radius 3 is 2.57 bits per heavy atom. The maximum atomic E-state index is 12.2. The van der Waals surface area contributed by atoms with Crippen LogP contribution in [0, 0.1) is 5.41 Å². The molecule has 0 aliphatic carbocycles. The minimum absolute atomic E-state index is 0.111. The highest BCUT2D eigenvalue weighted by Crippen LogP contribution is 2.18. The third-order valence-electron chi connectivity index (χ3n) is 3.30. The lowest BCUT2D eigenvalue weighted by atomic mass is 9.87. The van der Waals surface area contributed by atoms with Gasteiger partial charge in [-0.15, -0.1) is 5.10 Å². The third kappa shape index (κ3) is 3.66. The molecule has 112 valence electrons. The molecule has 0 bridgehead atoms. The molecule has 0 saturated carbocycles. The van der Waals surface area contributed by atoms with Crippen molar-refractivity contribution < 1.29 is 4.79 Å². The molecule has 21 heavy (non-hydrogen) atoms. The molecular weight excluding hydrogens is 266 g/mol. The standard InChI is InChI=1S/C15H21N5O/c1-15(2,3)13(9-16)18-14(21)12-10-17-20(19-12)11-7-5-4-6-8-11/h4-8,10,13H,9,16H2,1-3H3,(H,18,21). The van der Waals surface area contributed by atoms with Crippen LogP contribution in [0.1, 0.15) is 31.3 Å². The van der Waals surface area contributed by atoms with E-state index in [1.807, 2.05) is 51.1 Å². The number of aromatic nitrogens is 3. The van der Waals surface area contributed by atoms with E-state index in [1.165, 1.54) is 11.0 Å². The van der Waals surface area contributed by atoms with Gasteiger partial charge in [-0.25, -0.2) is 0 Å². The SMILES string of the molecule is CC(C)(C)C(CN)NC(=O)c1cnn(-c2ccccc2)n1. The largest absolute Gasteiger partial charge is 0.346 e. The number of nitrogens with zero attached hydrogens (tertiary/aromatic N) is 3. The van der Waals surface area contributed by atoms with Crippen molar-refractivity contribution in [1.29, 1.82) is 0 Å². The molecule has 1 amide bonds. The first-order chi connectivity index (χ1) is 9.91. The Morgan fingerprint density at radius 2 is 2.00 bits per heavy atom. The third-order valence-corrected chi connectivity index (χ3v) is 3.30. The summed E-state index contributed by atoms with van der Waals surface area (Å²) >= 11 is 0. The van der Waals surface area contributed by atoms with Crippen LogP contribution in [0.15, 0.2) is 36.5 Å². The van der Waals surface area contributed by atoms with Crippen LogP contribution in [0.25, 0.3) is 5.69 Å². The molecule has 1 heterocycles. The zero-order valence-corrected chi connectivity index (χ0v) is 12.6. The monoisotopic (exact) mass is 287 g/mol. The smallest absolute Gasteiger partial charge is 0.273 e. The number of para-hydroxylation sites is 1. The summed E-state index contributed by atoms with van der Waals surface area (Å²) in [5.41, 5.74) is 6.70. The van der Waals surface area contributed by atoms with Crippen LogP contribution in [-0.4, -0.2) is 33.5 Å². The number of carbonyl (C=O) groups excluding carboxylic acids is 1. The lowest BCUT2D eigenvalue weighted by Gasteiger charge is -2.29. The Hall–Kier alpha value is -2.21. The zero-order chi connectivity index (χ0) is 15.5. The molecule has 1 atom stereocenters. The Morgan fingerprint density at radius 1 is 1.33 bits per heavy atom. The van der Waals surface area contributed by atoms with Crippen molar-refractivity contribution in [3.63, 3.8) is 0 Å². The average molecular weight is 287 g/mol. The van der Waals surface area contributed by atoms with E-state index < -0.39 is 0 Å². The van der Waals surface area contributed by atoms with Crippen molar-refractivity contribution in [2.24, 2.45) is 11.1 Å². The van der Waals surface area contributed by atoms with Crippen molar-refractivity contribution in [1.82, 2.24) is 20.3 Å². The van der Waals surface area contributed by atoms with Crippen LogP contribution in [0.2, 0.25) is 0 Å². The van der Waals surface area contributed by atoms with Crippen LogP contribution in [0.5, 0.6) is 0 Å². The highest BCUT2D eigenvalue weighted by Gasteiger charge is 2.26. The molecule has 1 aromatic heterocycles. The van der Waals surface area contributed by atoms with E-state index in [-0.39, 0.29) is 23.1 Å². The summed E-state index contributed by atoms with van der Waals surface area (Å²) in [5, 5.41) is 11.2. The fraction of sp³-hybridized carbons (Fsp3) is 0.400. The first-order valence-corrected chi connectivity index (χ1v) is 6.90. The minimum atomic E-state index is -0.262. The minimum Gasteiger partial charge on any atom is -0.346 e. The van der Waals surface area contributed by atoms with Gasteiger partial charge >= 0.3 is 0 Å². The van der Waals surface area contributed by atoms with Gasteiger partial charge in [-0.1, -0.05) is 39.0 Å². The summed E-state index contributed by atoms with van der Waals surface area (Å²) in [5.74, 6) is -0.262. The first-order valence-electron chi connectivity index (χ1n) is 6.90. The average Bonchev–Trinajstić information content (AvgIpc) is 2.94. The Kier molecular flexibility index (Phi) is 4.37. The number of hydrogen-bond donors (Lipinski definition) is 2. The van der Waals surface area contributed by atoms with Crippen molar-refractivity contribution in [2.75, 3.05) is 6.54 Å². The molecule has 1 unspecified atom stereocenters. The van der Waals surface area contributed by atoms with Crippen LogP contribution >= 0.6 is 0 Å². The van der Waals surface area contributed by atoms with Gasteiger partial charge in [0.05, 0.1) is 11.9 Å². The molecule has 3 N–H and O–H groups in total. The Labute approximate surface area is 124 Å². The van der Waals surface area contributed by atoms with Crippen LogP contribution < -0.4 is 11.1 Å². The van der Waals surface area contributed by atoms with E-state index >= 15 is 0 Å². The summed E-state index contributed by atoms with van der Waals surface area (Å²) in [4.78, 5) is 13.7. The van der Waals surface area contributed by atoms with E-state index in [1.54, 1.807) is 0 Å². The molecule has 0 fully saturated rings. The van der Waals surface area contributed by atoms with Gasteiger partial charge in [-0.05, 0) is 17.5 Å². The lowest BCUT2D eigenvalue weighted by Crippen LogP contribution is -2.48. The highest BCUT2D eigenvalue weighted by molar-refractivity contribution is 5.92. The number of hydrogen-bond acceptors (Lipinski definition) is 4. The van der Waals surface area contributed by atoms with Crippen molar-refractivity contribution >= 4 is 5.91 Å². The lowest BCUT2D eigenvalue weighted by molar-refractivity contribution is 0.0900. The fourth-order valence-electron chi connectivity index (χ4n) is 1.91. The maximum Gasteiger partial charge on any atom is 0.273 e. The normalized spacial score (nSPS) is 13.0. The molecule has 0 spiro atoms. The number of benzene rings is 1. The fourth-order valence-corrected chi connectivity index (χ4v) is 1.91. The van der Waals surface area contributed by atoms with Crippen molar-refractivity contribution in [2.45, 2.75) is 26.8 Å². The number of nitrogens with one attached hydrogen (secondary N) is 1. The van der Waals surface area contributed by atoms with Gasteiger partial charge in [0, 0.05) is 12.6 Å². The summed E-state index contributed by atoms with van der Waals surface area (Å²) in [6.45, 7) is 6.48. The molecule has 6 nitrogen and oxygen atoms in total. The van der Waals surface area contributed by atoms with Gasteiger partial charge < -0.3 is 11.1 Å². The van der Waals surface area contributed by atoms with E-state index in [4.69, 9.17) is 5.73 Å². The molecule has 0 radical (unpaired) electrons. The predicted molar refractivity (Wildman–Crippen MR) is 81.1 cm³/mol. The van der Waals surface area contributed by atoms with Crippen LogP contribution in [0.4, 0.5) is 0 Å². The molecule has 0 saturated heterocycles. The summed E-state index contributed by atoms with van der Waals surface area (Å²) in [7, 11) is 0. The number of rotatable bonds is 4. The summed E-state index contributed by atoms with van der Waals surface area (Å²) < 4.78 is 0. The quantitative estimate of drug-likeness (QED) is 0.889. The summed E-state index contributed by atoms with van der Waals surface area (Å²) in [6, 6.07) is 9.33. The van der Waals surface area contributed by atoms with Crippen molar-refractivity contribution in [3.05, 3.63) is 42.2 Å². The van der Waals surface area contributed by atoms with E-state index in [0.717, 1.165) is 5.69 Å². The Bertz CT molecular complexity index is 600. The van der Waals surface area contributed by atoms with Crippen molar-refractivity contribution in [3.8, 4) is 5.69 Å². The van der Waals surface area contributed by atoms with E-state index in [2.05, 4.69) is 15.5 Å². The van der Waals surface area contributed by atoms with Gasteiger partial charge in [0.2, 0.25) is 0 Å². The second-order valence-electron chi connectivity index (χ2n) is 5.98. The van der Waals surface area contributed by atoms with Crippen LogP contribution in [-0.2, 0) is 0 Å². The number of amides is 1. The van der Waals surface area contributed by atoms with Crippen LogP contribution in [0.3, 0.4) is 0 Å². The van der Waals surface area contributed by atoms with Gasteiger partial charge in [0.25, 0.3) is 5.91 Å². The molecule has 2 rings (SSSR count). The Balaban J connectivity index is 2.13. The van der Waals surface area contributed by atoms with Gasteiger partial charge in [-0.3, -0.25) is 4.79 Å². The molecule has 0 aliphatic rings. The van der Waals surface area contributed by atoms with Gasteiger partial charge in [0.15, 0.2) is 5.69 Å². The highest BCUT2D eigenvalue weighted by atomic mass is 16.2. The molecular formula is C15H21N5O. The molecule has 0 aliphatic heterocycles. The second kappa shape index (κ2) is 6.05. The first kappa shape index (κ1) is 15.2. The van der Waals surface area contributed by atoms with E-state index in [9.17, 15) is 4.79 Å². The predicted octanol–water partition coefficient (Wildman–Crippen LogP) is 1.37.